The molecule has 0 aromatic heterocycles. The average Bonchev–Trinajstić information content (AvgIpc) is 2.05. The number of anilines is 1. The molecule has 11 heavy (non-hydrogen) atoms. The first-order valence-electron chi connectivity index (χ1n) is 3.11. The van der Waals surface area contributed by atoms with Crippen molar-refractivity contribution in [2.45, 2.75) is 0 Å². The van der Waals surface area contributed by atoms with Gasteiger partial charge < -0.3 is 0 Å². The van der Waals surface area contributed by atoms with Crippen molar-refractivity contribution in [2.24, 2.45) is 0 Å². The maximum atomic E-state index is 10.5. The lowest BCUT2D eigenvalue weighted by Gasteiger charge is -2.12. The number of rotatable bonds is 2. The van der Waals surface area contributed by atoms with E-state index in [1.165, 1.54) is 4.31 Å². The predicted octanol–water partition coefficient (Wildman–Crippen LogP) is 1.26. The van der Waals surface area contributed by atoms with E-state index in [4.69, 9.17) is 4.55 Å². The number of hydrogen-bond donors (Lipinski definition) is 1. The van der Waals surface area contributed by atoms with E-state index in [2.05, 4.69) is 0 Å². The van der Waals surface area contributed by atoms with Gasteiger partial charge in [-0.3, -0.25) is 8.86 Å². The van der Waals surface area contributed by atoms with Gasteiger partial charge in [-0.1, -0.05) is 18.2 Å². The third kappa shape index (κ3) is 2.03. The summed E-state index contributed by atoms with van der Waals surface area (Å²) in [5.74, 6) is 0. The molecule has 0 saturated heterocycles. The van der Waals surface area contributed by atoms with E-state index in [1.54, 1.807) is 19.2 Å². The summed E-state index contributed by atoms with van der Waals surface area (Å²) in [7, 11) is 1.56. The standard InChI is InChI=1S/C7H9NO2S/c1-8(11(9)10)7-5-3-2-4-6-7/h2-6H,1H3,(H,9,10). The monoisotopic (exact) mass is 171 g/mol. The van der Waals surface area contributed by atoms with Gasteiger partial charge in [0.15, 0.2) is 0 Å². The first kappa shape index (κ1) is 8.23. The Bertz CT molecular complexity index is 250. The molecule has 3 nitrogen and oxygen atoms in total. The normalized spacial score (nSPS) is 12.5. The topological polar surface area (TPSA) is 40.5 Å². The minimum atomic E-state index is -1.93. The quantitative estimate of drug-likeness (QED) is 0.680. The molecule has 1 unspecified atom stereocenters. The molecule has 0 bridgehead atoms. The summed E-state index contributed by atoms with van der Waals surface area (Å²) in [6.45, 7) is 0. The van der Waals surface area contributed by atoms with E-state index in [0.717, 1.165) is 5.69 Å². The summed E-state index contributed by atoms with van der Waals surface area (Å²) in [4.78, 5) is 0. The molecule has 0 spiro atoms. The van der Waals surface area contributed by atoms with Crippen LogP contribution in [-0.2, 0) is 11.3 Å². The molecule has 0 amide bonds. The van der Waals surface area contributed by atoms with Crippen LogP contribution in [0.1, 0.15) is 0 Å². The number of hydrogen-bond acceptors (Lipinski definition) is 1. The molecule has 0 saturated carbocycles. The van der Waals surface area contributed by atoms with Gasteiger partial charge in [-0.2, -0.15) is 0 Å². The lowest BCUT2D eigenvalue weighted by atomic mass is 10.3. The summed E-state index contributed by atoms with van der Waals surface area (Å²) < 4.78 is 20.5. The third-order valence-corrected chi connectivity index (χ3v) is 2.03. The Labute approximate surface area is 68.1 Å². The van der Waals surface area contributed by atoms with E-state index in [0.29, 0.717) is 0 Å². The van der Waals surface area contributed by atoms with Crippen LogP contribution in [0.4, 0.5) is 5.69 Å². The van der Waals surface area contributed by atoms with Crippen LogP contribution in [0, 0.1) is 0 Å². The highest BCUT2D eigenvalue weighted by atomic mass is 32.2. The van der Waals surface area contributed by atoms with Gasteiger partial charge in [0, 0.05) is 7.05 Å². The Kier molecular flexibility index (Phi) is 2.62. The summed E-state index contributed by atoms with van der Waals surface area (Å²) in [6.07, 6.45) is 0. The zero-order valence-electron chi connectivity index (χ0n) is 6.10. The summed E-state index contributed by atoms with van der Waals surface area (Å²) >= 11 is -1.93. The van der Waals surface area contributed by atoms with Crippen LogP contribution in [0.2, 0.25) is 0 Å². The van der Waals surface area contributed by atoms with Gasteiger partial charge in [-0.05, 0) is 12.1 Å². The molecule has 4 heteroatoms. The van der Waals surface area contributed by atoms with Crippen LogP contribution < -0.4 is 4.31 Å². The predicted molar refractivity (Wildman–Crippen MR) is 45.6 cm³/mol. The number of benzene rings is 1. The largest absolute Gasteiger partial charge is 0.289 e. The minimum absolute atomic E-state index is 0.730. The van der Waals surface area contributed by atoms with Crippen molar-refractivity contribution in [3.05, 3.63) is 30.3 Å². The Morgan fingerprint density at radius 1 is 1.36 bits per heavy atom. The van der Waals surface area contributed by atoms with Gasteiger partial charge in [0.2, 0.25) is 0 Å². The Morgan fingerprint density at radius 3 is 2.36 bits per heavy atom. The Balaban J connectivity index is 2.85. The molecule has 1 atom stereocenters. The molecule has 60 valence electrons. The number of para-hydroxylation sites is 1. The van der Waals surface area contributed by atoms with E-state index < -0.39 is 11.3 Å². The van der Waals surface area contributed by atoms with Gasteiger partial charge in [0.05, 0.1) is 5.69 Å². The van der Waals surface area contributed by atoms with Crippen LogP contribution in [0.5, 0.6) is 0 Å². The fourth-order valence-corrected chi connectivity index (χ4v) is 1.03. The number of nitrogens with zero attached hydrogens (tertiary/aromatic N) is 1. The van der Waals surface area contributed by atoms with E-state index in [9.17, 15) is 4.21 Å². The van der Waals surface area contributed by atoms with Crippen LogP contribution in [-0.4, -0.2) is 15.8 Å². The smallest absolute Gasteiger partial charge is 0.261 e. The second-order valence-electron chi connectivity index (χ2n) is 2.06. The summed E-state index contributed by atoms with van der Waals surface area (Å²) in [5.41, 5.74) is 0.730. The van der Waals surface area contributed by atoms with Gasteiger partial charge in [-0.15, -0.1) is 0 Å². The fraction of sp³-hybridized carbons (Fsp3) is 0.143. The van der Waals surface area contributed by atoms with E-state index in [-0.39, 0.29) is 0 Å². The average molecular weight is 171 g/mol. The lowest BCUT2D eigenvalue weighted by molar-refractivity contribution is 0.562. The van der Waals surface area contributed by atoms with Crippen LogP contribution in [0.15, 0.2) is 30.3 Å². The van der Waals surface area contributed by atoms with Crippen molar-refractivity contribution >= 4 is 17.0 Å². The molecular weight excluding hydrogens is 162 g/mol. The van der Waals surface area contributed by atoms with Crippen LogP contribution in [0.25, 0.3) is 0 Å². The molecule has 0 radical (unpaired) electrons. The fourth-order valence-electron chi connectivity index (χ4n) is 0.728. The highest BCUT2D eigenvalue weighted by molar-refractivity contribution is 7.80. The first-order chi connectivity index (χ1) is 5.22. The second-order valence-corrected chi connectivity index (χ2v) is 3.07. The van der Waals surface area contributed by atoms with Gasteiger partial charge in [0.1, 0.15) is 0 Å². The highest BCUT2D eigenvalue weighted by Crippen LogP contribution is 2.11. The molecule has 0 fully saturated rings. The van der Waals surface area contributed by atoms with Crippen molar-refractivity contribution in [3.8, 4) is 0 Å². The molecule has 1 rings (SSSR count). The zero-order valence-corrected chi connectivity index (χ0v) is 6.91. The van der Waals surface area contributed by atoms with E-state index in [1.807, 2.05) is 18.2 Å². The maximum absolute atomic E-state index is 10.5. The molecule has 1 aromatic carbocycles. The third-order valence-electron chi connectivity index (χ3n) is 1.35. The van der Waals surface area contributed by atoms with Crippen LogP contribution in [0.3, 0.4) is 0 Å². The van der Waals surface area contributed by atoms with Gasteiger partial charge >= 0.3 is 0 Å². The maximum Gasteiger partial charge on any atom is 0.261 e. The zero-order chi connectivity index (χ0) is 8.27. The summed E-state index contributed by atoms with van der Waals surface area (Å²) in [5, 5.41) is 0. The van der Waals surface area contributed by atoms with Crippen molar-refractivity contribution in [1.29, 1.82) is 0 Å². The summed E-state index contributed by atoms with van der Waals surface area (Å²) in [6, 6.07) is 9.04. The SMILES string of the molecule is CN(c1ccccc1)S(=O)O. The molecule has 0 aliphatic heterocycles. The molecule has 0 heterocycles. The Hall–Kier alpha value is -0.870. The minimum Gasteiger partial charge on any atom is -0.289 e. The van der Waals surface area contributed by atoms with Gasteiger partial charge in [-0.25, -0.2) is 4.21 Å². The molecule has 1 N–H and O–H groups in total. The highest BCUT2D eigenvalue weighted by Gasteiger charge is 2.03. The van der Waals surface area contributed by atoms with Crippen molar-refractivity contribution < 1.29 is 8.76 Å². The molecular formula is C7H9NO2S. The lowest BCUT2D eigenvalue weighted by Crippen LogP contribution is -2.18. The van der Waals surface area contributed by atoms with Crippen molar-refractivity contribution in [2.75, 3.05) is 11.4 Å². The molecule has 0 aliphatic carbocycles. The Morgan fingerprint density at radius 2 is 1.91 bits per heavy atom. The van der Waals surface area contributed by atoms with Crippen molar-refractivity contribution in [3.63, 3.8) is 0 Å². The van der Waals surface area contributed by atoms with Crippen LogP contribution >= 0.6 is 0 Å². The molecule has 0 aliphatic rings. The first-order valence-corrected chi connectivity index (χ1v) is 4.18. The van der Waals surface area contributed by atoms with Crippen molar-refractivity contribution in [1.82, 2.24) is 0 Å². The molecule has 1 aromatic rings. The van der Waals surface area contributed by atoms with E-state index >= 15 is 0 Å². The second kappa shape index (κ2) is 3.50. The van der Waals surface area contributed by atoms with Gasteiger partial charge in [0.25, 0.3) is 11.3 Å².